The van der Waals surface area contributed by atoms with Crippen LogP contribution >= 0.6 is 11.9 Å². The highest BCUT2D eigenvalue weighted by atomic mass is 32.2. The molecule has 1 aromatic heterocycles. The Morgan fingerprint density at radius 3 is 2.74 bits per heavy atom. The summed E-state index contributed by atoms with van der Waals surface area (Å²) >= 11 is 1.58. The van der Waals surface area contributed by atoms with Gasteiger partial charge in [-0.15, -0.1) is 0 Å². The number of hydrogen-bond acceptors (Lipinski definition) is 4. The van der Waals surface area contributed by atoms with Gasteiger partial charge in [0, 0.05) is 5.69 Å². The van der Waals surface area contributed by atoms with Crippen molar-refractivity contribution in [2.24, 2.45) is 0 Å². The number of anilines is 1. The summed E-state index contributed by atoms with van der Waals surface area (Å²) in [6.45, 7) is 2.09. The summed E-state index contributed by atoms with van der Waals surface area (Å²) in [6.07, 6.45) is 0. The Morgan fingerprint density at radius 2 is 1.89 bits per heavy atom. The van der Waals surface area contributed by atoms with Gasteiger partial charge in [0.1, 0.15) is 5.52 Å². The summed E-state index contributed by atoms with van der Waals surface area (Å²) in [6, 6.07) is 16.0. The summed E-state index contributed by atoms with van der Waals surface area (Å²) in [5, 5.41) is 0. The molecule has 0 atom stereocenters. The Labute approximate surface area is 116 Å². The van der Waals surface area contributed by atoms with Crippen molar-refractivity contribution in [3.05, 3.63) is 60.0 Å². The normalized spacial score (nSPS) is 10.8. The van der Waals surface area contributed by atoms with Crippen LogP contribution < -0.4 is 4.72 Å². The first kappa shape index (κ1) is 12.1. The summed E-state index contributed by atoms with van der Waals surface area (Å²) in [5.41, 5.74) is 4.11. The zero-order valence-corrected chi connectivity index (χ0v) is 11.4. The number of nitrogens with zero attached hydrogens (tertiary/aromatic N) is 1. The molecule has 0 fully saturated rings. The Bertz CT molecular complexity index is 660. The number of rotatable bonds is 4. The molecule has 0 aliphatic carbocycles. The van der Waals surface area contributed by atoms with E-state index in [0.29, 0.717) is 5.75 Å². The molecule has 0 bridgehead atoms. The van der Waals surface area contributed by atoms with Crippen molar-refractivity contribution in [3.63, 3.8) is 0 Å². The molecule has 0 saturated heterocycles. The third-order valence-electron chi connectivity index (χ3n) is 2.86. The molecule has 0 unspecified atom stereocenters. The van der Waals surface area contributed by atoms with Gasteiger partial charge in [0.15, 0.2) is 5.58 Å². The number of para-hydroxylation sites is 3. The van der Waals surface area contributed by atoms with Crippen LogP contribution in [0.1, 0.15) is 11.5 Å². The summed E-state index contributed by atoms with van der Waals surface area (Å²) in [7, 11) is 0. The first-order valence-corrected chi connectivity index (χ1v) is 7.09. The second-order valence-corrected chi connectivity index (χ2v) is 5.06. The molecule has 0 radical (unpaired) electrons. The standard InChI is InChI=1S/C15H14N2OS/c1-11-6-2-3-7-12(11)17-19-10-15-16-13-8-4-5-9-14(13)18-15/h2-9,17H,10H2,1H3. The summed E-state index contributed by atoms with van der Waals surface area (Å²) in [5.74, 6) is 1.44. The highest BCUT2D eigenvalue weighted by Crippen LogP contribution is 2.22. The van der Waals surface area contributed by atoms with Gasteiger partial charge in [0.2, 0.25) is 5.89 Å². The van der Waals surface area contributed by atoms with Gasteiger partial charge in [-0.3, -0.25) is 0 Å². The molecule has 2 aromatic carbocycles. The molecule has 4 heteroatoms. The van der Waals surface area contributed by atoms with Crippen molar-refractivity contribution >= 4 is 28.7 Å². The van der Waals surface area contributed by atoms with E-state index < -0.39 is 0 Å². The highest BCUT2D eigenvalue weighted by molar-refractivity contribution is 7.99. The van der Waals surface area contributed by atoms with Crippen LogP contribution in [0.25, 0.3) is 11.1 Å². The minimum absolute atomic E-state index is 0.697. The van der Waals surface area contributed by atoms with E-state index in [0.717, 1.165) is 22.7 Å². The molecular formula is C15H14N2OS. The van der Waals surface area contributed by atoms with E-state index in [1.807, 2.05) is 36.4 Å². The maximum atomic E-state index is 5.66. The van der Waals surface area contributed by atoms with Crippen molar-refractivity contribution in [2.75, 3.05) is 4.72 Å². The molecule has 3 rings (SSSR count). The summed E-state index contributed by atoms with van der Waals surface area (Å²) in [4.78, 5) is 4.44. The van der Waals surface area contributed by atoms with E-state index in [1.54, 1.807) is 11.9 Å². The molecule has 3 aromatic rings. The molecule has 0 aliphatic rings. The number of fused-ring (bicyclic) bond motifs is 1. The molecule has 96 valence electrons. The fourth-order valence-electron chi connectivity index (χ4n) is 1.84. The third kappa shape index (κ3) is 2.74. The number of benzene rings is 2. The molecule has 0 spiro atoms. The maximum Gasteiger partial charge on any atom is 0.207 e. The van der Waals surface area contributed by atoms with E-state index in [2.05, 4.69) is 28.8 Å². The first-order chi connectivity index (χ1) is 9.33. The van der Waals surface area contributed by atoms with Gasteiger partial charge in [0.25, 0.3) is 0 Å². The van der Waals surface area contributed by atoms with Crippen LogP contribution in [0, 0.1) is 6.92 Å². The second-order valence-electron chi connectivity index (χ2n) is 4.28. The lowest BCUT2D eigenvalue weighted by molar-refractivity contribution is 0.556. The average molecular weight is 270 g/mol. The van der Waals surface area contributed by atoms with Gasteiger partial charge in [-0.25, -0.2) is 4.98 Å². The molecule has 19 heavy (non-hydrogen) atoms. The van der Waals surface area contributed by atoms with E-state index in [9.17, 15) is 0 Å². The highest BCUT2D eigenvalue weighted by Gasteiger charge is 2.05. The van der Waals surface area contributed by atoms with Crippen LogP contribution in [0.3, 0.4) is 0 Å². The minimum Gasteiger partial charge on any atom is -0.440 e. The van der Waals surface area contributed by atoms with Gasteiger partial charge in [0.05, 0.1) is 5.75 Å². The van der Waals surface area contributed by atoms with Crippen molar-refractivity contribution in [1.82, 2.24) is 4.98 Å². The number of nitrogens with one attached hydrogen (secondary N) is 1. The van der Waals surface area contributed by atoms with Crippen LogP contribution in [-0.2, 0) is 5.75 Å². The number of aryl methyl sites for hydroxylation is 1. The van der Waals surface area contributed by atoms with Crippen LogP contribution in [0.2, 0.25) is 0 Å². The molecular weight excluding hydrogens is 256 g/mol. The molecule has 0 aliphatic heterocycles. The zero-order valence-electron chi connectivity index (χ0n) is 10.6. The monoisotopic (exact) mass is 270 g/mol. The lowest BCUT2D eigenvalue weighted by Crippen LogP contribution is -1.91. The van der Waals surface area contributed by atoms with Crippen molar-refractivity contribution < 1.29 is 4.42 Å². The lowest BCUT2D eigenvalue weighted by atomic mass is 10.2. The van der Waals surface area contributed by atoms with E-state index >= 15 is 0 Å². The van der Waals surface area contributed by atoms with E-state index in [-0.39, 0.29) is 0 Å². The van der Waals surface area contributed by atoms with Gasteiger partial charge in [-0.1, -0.05) is 30.3 Å². The molecule has 0 saturated carbocycles. The lowest BCUT2D eigenvalue weighted by Gasteiger charge is -2.06. The Balaban J connectivity index is 1.65. The van der Waals surface area contributed by atoms with Gasteiger partial charge in [-0.2, -0.15) is 0 Å². The van der Waals surface area contributed by atoms with Crippen LogP contribution in [0.15, 0.2) is 52.9 Å². The molecule has 0 amide bonds. The average Bonchev–Trinajstić information content (AvgIpc) is 2.83. The predicted octanol–water partition coefficient (Wildman–Crippen LogP) is 4.40. The fourth-order valence-corrected chi connectivity index (χ4v) is 2.55. The largest absolute Gasteiger partial charge is 0.440 e. The van der Waals surface area contributed by atoms with E-state index in [4.69, 9.17) is 4.42 Å². The smallest absolute Gasteiger partial charge is 0.207 e. The zero-order chi connectivity index (χ0) is 13.1. The Kier molecular flexibility index (Phi) is 3.42. The second kappa shape index (κ2) is 5.36. The topological polar surface area (TPSA) is 38.1 Å². The van der Waals surface area contributed by atoms with Gasteiger partial charge < -0.3 is 9.14 Å². The fraction of sp³-hybridized carbons (Fsp3) is 0.133. The SMILES string of the molecule is Cc1ccccc1NSCc1nc2ccccc2o1. The number of hydrogen-bond donors (Lipinski definition) is 1. The van der Waals surface area contributed by atoms with Crippen LogP contribution in [0.5, 0.6) is 0 Å². The van der Waals surface area contributed by atoms with Crippen molar-refractivity contribution in [1.29, 1.82) is 0 Å². The number of aromatic nitrogens is 1. The molecule has 1 heterocycles. The Morgan fingerprint density at radius 1 is 1.11 bits per heavy atom. The number of oxazole rings is 1. The van der Waals surface area contributed by atoms with Crippen LogP contribution in [-0.4, -0.2) is 4.98 Å². The molecule has 1 N–H and O–H groups in total. The van der Waals surface area contributed by atoms with Crippen LogP contribution in [0.4, 0.5) is 5.69 Å². The van der Waals surface area contributed by atoms with Crippen molar-refractivity contribution in [3.8, 4) is 0 Å². The quantitative estimate of drug-likeness (QED) is 0.713. The molecule has 3 nitrogen and oxygen atoms in total. The van der Waals surface area contributed by atoms with Gasteiger partial charge in [-0.05, 0) is 42.6 Å². The first-order valence-electron chi connectivity index (χ1n) is 6.11. The summed E-state index contributed by atoms with van der Waals surface area (Å²) < 4.78 is 8.99. The predicted molar refractivity (Wildman–Crippen MR) is 80.1 cm³/mol. The third-order valence-corrected chi connectivity index (χ3v) is 3.62. The van der Waals surface area contributed by atoms with E-state index in [1.165, 1.54) is 5.56 Å². The van der Waals surface area contributed by atoms with Gasteiger partial charge >= 0.3 is 0 Å². The maximum absolute atomic E-state index is 5.66. The minimum atomic E-state index is 0.697. The van der Waals surface area contributed by atoms with Crippen molar-refractivity contribution in [2.45, 2.75) is 12.7 Å². The Hall–Kier alpha value is -1.94.